The second-order valence-corrected chi connectivity index (χ2v) is 4.96. The lowest BCUT2D eigenvalue weighted by atomic mass is 10.1. The Morgan fingerprint density at radius 2 is 1.83 bits per heavy atom. The fourth-order valence-corrected chi connectivity index (χ4v) is 2.20. The molecule has 3 aromatic rings. The smallest absolute Gasteiger partial charge is 0.255 e. The van der Waals surface area contributed by atoms with Crippen LogP contribution in [0.15, 0.2) is 54.7 Å². The number of nitrogens with two attached hydrogens (primary N) is 1. The topological polar surface area (TPSA) is 105 Å². The van der Waals surface area contributed by atoms with Gasteiger partial charge in [-0.1, -0.05) is 6.07 Å². The standard InChI is InChI=1S/C17H13N3O3/c18-16(22)11-4-6-15(21)14(9-11)20-17(23)12-3-5-13-10(8-12)2-1-7-19-13/h1-9,21H,(H2,18,22)(H,20,23). The van der Waals surface area contributed by atoms with Crippen LogP contribution in [0.2, 0.25) is 0 Å². The molecule has 0 bridgehead atoms. The lowest BCUT2D eigenvalue weighted by Crippen LogP contribution is -2.14. The fourth-order valence-electron chi connectivity index (χ4n) is 2.20. The van der Waals surface area contributed by atoms with E-state index in [0.717, 1.165) is 10.9 Å². The molecule has 6 heteroatoms. The molecule has 1 aromatic heterocycles. The summed E-state index contributed by atoms with van der Waals surface area (Å²) in [7, 11) is 0. The first kappa shape index (κ1) is 14.5. The van der Waals surface area contributed by atoms with Crippen LogP contribution < -0.4 is 11.1 Å². The SMILES string of the molecule is NC(=O)c1ccc(O)c(NC(=O)c2ccc3ncccc3c2)c1. The number of phenols is 1. The number of nitrogens with one attached hydrogen (secondary N) is 1. The largest absolute Gasteiger partial charge is 0.506 e. The van der Waals surface area contributed by atoms with E-state index in [0.29, 0.717) is 5.56 Å². The minimum atomic E-state index is -0.641. The van der Waals surface area contributed by atoms with Crippen LogP contribution in [0.3, 0.4) is 0 Å². The highest BCUT2D eigenvalue weighted by Gasteiger charge is 2.12. The third-order valence-corrected chi connectivity index (χ3v) is 3.39. The number of pyridine rings is 1. The van der Waals surface area contributed by atoms with Gasteiger partial charge in [0.15, 0.2) is 0 Å². The molecule has 0 fully saturated rings. The summed E-state index contributed by atoms with van der Waals surface area (Å²) in [5.41, 5.74) is 6.71. The van der Waals surface area contributed by atoms with Crippen LogP contribution in [0.25, 0.3) is 10.9 Å². The summed E-state index contributed by atoms with van der Waals surface area (Å²) in [4.78, 5) is 27.7. The number of hydrogen-bond acceptors (Lipinski definition) is 4. The molecule has 0 spiro atoms. The Kier molecular flexibility index (Phi) is 3.64. The van der Waals surface area contributed by atoms with E-state index >= 15 is 0 Å². The molecule has 0 aliphatic carbocycles. The number of aromatic nitrogens is 1. The van der Waals surface area contributed by atoms with Gasteiger partial charge in [0.05, 0.1) is 11.2 Å². The molecule has 23 heavy (non-hydrogen) atoms. The Bertz CT molecular complexity index is 922. The molecule has 0 atom stereocenters. The predicted molar refractivity (Wildman–Crippen MR) is 86.3 cm³/mol. The van der Waals surface area contributed by atoms with Crippen LogP contribution in [0.4, 0.5) is 5.69 Å². The molecule has 0 aliphatic rings. The Hall–Kier alpha value is -3.41. The molecule has 0 aliphatic heterocycles. The Morgan fingerprint density at radius 3 is 2.61 bits per heavy atom. The summed E-state index contributed by atoms with van der Waals surface area (Å²) in [6.45, 7) is 0. The third-order valence-electron chi connectivity index (χ3n) is 3.39. The molecule has 114 valence electrons. The zero-order valence-corrected chi connectivity index (χ0v) is 12.0. The van der Waals surface area contributed by atoms with Gasteiger partial charge in [-0.3, -0.25) is 14.6 Å². The molecule has 0 saturated heterocycles. The highest BCUT2D eigenvalue weighted by molar-refractivity contribution is 6.07. The van der Waals surface area contributed by atoms with E-state index < -0.39 is 11.8 Å². The predicted octanol–water partition coefficient (Wildman–Crippen LogP) is 2.29. The van der Waals surface area contributed by atoms with E-state index in [1.165, 1.54) is 18.2 Å². The van der Waals surface area contributed by atoms with Gasteiger partial charge in [-0.2, -0.15) is 0 Å². The first-order valence-electron chi connectivity index (χ1n) is 6.83. The maximum Gasteiger partial charge on any atom is 0.255 e. The van der Waals surface area contributed by atoms with Crippen LogP contribution in [0.1, 0.15) is 20.7 Å². The van der Waals surface area contributed by atoms with Crippen LogP contribution in [0, 0.1) is 0 Å². The van der Waals surface area contributed by atoms with Gasteiger partial charge < -0.3 is 16.2 Å². The summed E-state index contributed by atoms with van der Waals surface area (Å²) in [5.74, 6) is -1.20. The molecule has 3 rings (SSSR count). The lowest BCUT2D eigenvalue weighted by molar-refractivity contribution is 0.0996. The summed E-state index contributed by atoms with van der Waals surface area (Å²) in [6.07, 6.45) is 1.68. The summed E-state index contributed by atoms with van der Waals surface area (Å²) >= 11 is 0. The van der Waals surface area contributed by atoms with Crippen LogP contribution in [-0.2, 0) is 0 Å². The van der Waals surface area contributed by atoms with Crippen molar-refractivity contribution in [2.45, 2.75) is 0 Å². The summed E-state index contributed by atoms with van der Waals surface area (Å²) in [5, 5.41) is 13.2. The Balaban J connectivity index is 1.91. The second-order valence-electron chi connectivity index (χ2n) is 4.96. The van der Waals surface area contributed by atoms with E-state index in [-0.39, 0.29) is 17.0 Å². The number of rotatable bonds is 3. The number of phenolic OH excluding ortho intramolecular Hbond substituents is 1. The number of carbonyl (C=O) groups excluding carboxylic acids is 2. The van der Waals surface area contributed by atoms with E-state index in [9.17, 15) is 14.7 Å². The number of aromatic hydroxyl groups is 1. The van der Waals surface area contributed by atoms with Crippen LogP contribution in [0.5, 0.6) is 5.75 Å². The van der Waals surface area contributed by atoms with Crippen molar-refractivity contribution in [3.63, 3.8) is 0 Å². The average molecular weight is 307 g/mol. The highest BCUT2D eigenvalue weighted by atomic mass is 16.3. The first-order valence-corrected chi connectivity index (χ1v) is 6.83. The van der Waals surface area contributed by atoms with E-state index in [1.54, 1.807) is 30.5 Å². The van der Waals surface area contributed by atoms with E-state index in [1.807, 2.05) is 6.07 Å². The quantitative estimate of drug-likeness (QED) is 0.645. The van der Waals surface area contributed by atoms with Gasteiger partial charge in [0, 0.05) is 22.7 Å². The van der Waals surface area contributed by atoms with Gasteiger partial charge in [0.25, 0.3) is 5.91 Å². The zero-order chi connectivity index (χ0) is 16.4. The van der Waals surface area contributed by atoms with Gasteiger partial charge in [-0.25, -0.2) is 0 Å². The number of amides is 2. The Labute approximate surface area is 131 Å². The van der Waals surface area contributed by atoms with Crippen molar-refractivity contribution < 1.29 is 14.7 Å². The fraction of sp³-hybridized carbons (Fsp3) is 0. The molecule has 6 nitrogen and oxygen atoms in total. The first-order chi connectivity index (χ1) is 11.0. The number of fused-ring (bicyclic) bond motifs is 1. The molecule has 1 heterocycles. The van der Waals surface area contributed by atoms with Gasteiger partial charge in [-0.05, 0) is 42.5 Å². The van der Waals surface area contributed by atoms with Gasteiger partial charge in [-0.15, -0.1) is 0 Å². The van der Waals surface area contributed by atoms with Crippen LogP contribution >= 0.6 is 0 Å². The van der Waals surface area contributed by atoms with Gasteiger partial charge in [0.1, 0.15) is 5.75 Å². The molecule has 4 N–H and O–H groups in total. The molecular formula is C17H13N3O3. The Morgan fingerprint density at radius 1 is 1.04 bits per heavy atom. The number of carbonyl (C=O) groups is 2. The molecule has 0 radical (unpaired) electrons. The minimum absolute atomic E-state index is 0.123. The van der Waals surface area contributed by atoms with Crippen molar-refractivity contribution in [2.24, 2.45) is 5.73 Å². The number of nitrogens with zero attached hydrogens (tertiary/aromatic N) is 1. The number of anilines is 1. The average Bonchev–Trinajstić information content (AvgIpc) is 2.56. The number of hydrogen-bond donors (Lipinski definition) is 3. The summed E-state index contributed by atoms with van der Waals surface area (Å²) < 4.78 is 0. The molecule has 2 aromatic carbocycles. The lowest BCUT2D eigenvalue weighted by Gasteiger charge is -2.09. The van der Waals surface area contributed by atoms with Crippen molar-refractivity contribution in [3.8, 4) is 5.75 Å². The minimum Gasteiger partial charge on any atom is -0.506 e. The normalized spacial score (nSPS) is 10.4. The molecule has 0 unspecified atom stereocenters. The number of primary amides is 1. The van der Waals surface area contributed by atoms with Crippen molar-refractivity contribution in [3.05, 3.63) is 65.9 Å². The monoisotopic (exact) mass is 307 g/mol. The highest BCUT2D eigenvalue weighted by Crippen LogP contribution is 2.25. The van der Waals surface area contributed by atoms with E-state index in [4.69, 9.17) is 5.73 Å². The van der Waals surface area contributed by atoms with Gasteiger partial charge >= 0.3 is 0 Å². The molecule has 2 amide bonds. The number of benzene rings is 2. The summed E-state index contributed by atoms with van der Waals surface area (Å²) in [6, 6.07) is 12.7. The van der Waals surface area contributed by atoms with Crippen molar-refractivity contribution in [1.82, 2.24) is 4.98 Å². The van der Waals surface area contributed by atoms with Gasteiger partial charge in [0.2, 0.25) is 5.91 Å². The zero-order valence-electron chi connectivity index (χ0n) is 12.0. The third kappa shape index (κ3) is 2.96. The second kappa shape index (κ2) is 5.76. The van der Waals surface area contributed by atoms with Crippen molar-refractivity contribution >= 4 is 28.4 Å². The van der Waals surface area contributed by atoms with Crippen molar-refractivity contribution in [2.75, 3.05) is 5.32 Å². The van der Waals surface area contributed by atoms with E-state index in [2.05, 4.69) is 10.3 Å². The molecule has 0 saturated carbocycles. The maximum absolute atomic E-state index is 12.3. The molecular weight excluding hydrogens is 294 g/mol. The van der Waals surface area contributed by atoms with Crippen LogP contribution in [-0.4, -0.2) is 21.9 Å². The van der Waals surface area contributed by atoms with Crippen molar-refractivity contribution in [1.29, 1.82) is 0 Å². The maximum atomic E-state index is 12.3.